The van der Waals surface area contributed by atoms with E-state index in [-0.39, 0.29) is 4.90 Å². The van der Waals surface area contributed by atoms with E-state index in [4.69, 9.17) is 0 Å². The van der Waals surface area contributed by atoms with Gasteiger partial charge in [-0.1, -0.05) is 22.0 Å². The molecule has 0 spiro atoms. The minimum Gasteiger partial charge on any atom is -0.352 e. The summed E-state index contributed by atoms with van der Waals surface area (Å²) >= 11 is 1.29. The second kappa shape index (κ2) is 5.77. The van der Waals surface area contributed by atoms with Crippen LogP contribution >= 0.6 is 15.9 Å². The molecule has 0 bridgehead atoms. The number of pyridine rings is 2. The Morgan fingerprint density at radius 1 is 1.17 bits per heavy atom. The normalized spacial score (nSPS) is 12.8. The Labute approximate surface area is 148 Å². The van der Waals surface area contributed by atoms with Crippen molar-refractivity contribution in [1.29, 1.82) is 0 Å². The molecule has 1 aromatic carbocycles. The molecule has 5 nitrogen and oxygen atoms in total. The number of hydrogen-bond acceptors (Lipinski definition) is 3. The minimum atomic E-state index is -2.14. The molecular formula is C17H12BrN3O2S. The van der Waals surface area contributed by atoms with Crippen molar-refractivity contribution in [2.75, 3.05) is 0 Å². The van der Waals surface area contributed by atoms with Crippen LogP contribution < -0.4 is 0 Å². The van der Waals surface area contributed by atoms with Crippen LogP contribution in [0.25, 0.3) is 33.3 Å². The third-order valence-electron chi connectivity index (χ3n) is 3.79. The largest absolute Gasteiger partial charge is 0.352 e. The topological polar surface area (TPSA) is 78.9 Å². The van der Waals surface area contributed by atoms with Crippen LogP contribution in [0.1, 0.15) is 5.56 Å². The molecule has 0 aliphatic carbocycles. The van der Waals surface area contributed by atoms with Crippen LogP contribution in [0.4, 0.5) is 0 Å². The number of H-pyrrole nitrogens is 1. The maximum Gasteiger partial charge on any atom is 0.188 e. The molecule has 7 heteroatoms. The Morgan fingerprint density at radius 2 is 2.00 bits per heavy atom. The van der Waals surface area contributed by atoms with Gasteiger partial charge in [-0.3, -0.25) is 4.98 Å². The minimum absolute atomic E-state index is 0.271. The van der Waals surface area contributed by atoms with Gasteiger partial charge in [0.1, 0.15) is 5.69 Å². The van der Waals surface area contributed by atoms with Gasteiger partial charge in [0.05, 0.1) is 27.1 Å². The third kappa shape index (κ3) is 2.64. The van der Waals surface area contributed by atoms with E-state index in [0.29, 0.717) is 11.4 Å². The molecule has 0 aliphatic rings. The number of fused-ring (bicyclic) bond motifs is 2. The van der Waals surface area contributed by atoms with Gasteiger partial charge in [0.2, 0.25) is 0 Å². The Bertz CT molecular complexity index is 1120. The predicted octanol–water partition coefficient (Wildman–Crippen LogP) is 4.43. The summed E-state index contributed by atoms with van der Waals surface area (Å²) in [5.41, 5.74) is 4.57. The first-order chi connectivity index (χ1) is 11.5. The van der Waals surface area contributed by atoms with E-state index >= 15 is 0 Å². The van der Waals surface area contributed by atoms with Crippen molar-refractivity contribution in [3.8, 4) is 11.4 Å². The van der Waals surface area contributed by atoms with E-state index in [0.717, 1.165) is 32.0 Å². The molecule has 0 radical (unpaired) electrons. The molecule has 4 rings (SSSR count). The van der Waals surface area contributed by atoms with Crippen LogP contribution in [0.15, 0.2) is 52.0 Å². The molecule has 1 atom stereocenters. The number of rotatable bonds is 2. The average Bonchev–Trinajstić information content (AvgIpc) is 2.96. The Hall–Kier alpha value is -2.09. The highest BCUT2D eigenvalue weighted by Gasteiger charge is 2.16. The second-order valence-electron chi connectivity index (χ2n) is 5.55. The van der Waals surface area contributed by atoms with Crippen molar-refractivity contribution in [3.05, 3.63) is 52.6 Å². The van der Waals surface area contributed by atoms with E-state index < -0.39 is 11.1 Å². The van der Waals surface area contributed by atoms with E-state index in [1.165, 1.54) is 0 Å². The van der Waals surface area contributed by atoms with Crippen molar-refractivity contribution >= 4 is 48.9 Å². The monoisotopic (exact) mass is 401 g/mol. The highest BCUT2D eigenvalue weighted by Crippen LogP contribution is 2.30. The highest BCUT2D eigenvalue weighted by atomic mass is 79.9. The van der Waals surface area contributed by atoms with Crippen LogP contribution in [0.2, 0.25) is 0 Å². The number of halogens is 1. The molecule has 120 valence electrons. The number of nitrogens with one attached hydrogen (secondary N) is 1. The quantitative estimate of drug-likeness (QED) is 0.487. The third-order valence-corrected chi connectivity index (χ3v) is 4.97. The molecular weight excluding hydrogens is 390 g/mol. The number of aryl methyl sites for hydroxylation is 1. The summed E-state index contributed by atoms with van der Waals surface area (Å²) in [7, 11) is 0. The van der Waals surface area contributed by atoms with E-state index in [9.17, 15) is 8.76 Å². The molecule has 24 heavy (non-hydrogen) atoms. The van der Waals surface area contributed by atoms with Gasteiger partial charge in [0, 0.05) is 16.1 Å². The SMILES string of the molecule is Cc1cnc2cc(-c3nc4cc(Br)ccc4cc3S(=O)O)[nH]c2c1. The molecule has 2 N–H and O–H groups in total. The van der Waals surface area contributed by atoms with Gasteiger partial charge in [0.25, 0.3) is 0 Å². The average molecular weight is 402 g/mol. The predicted molar refractivity (Wildman–Crippen MR) is 98.3 cm³/mol. The molecule has 0 amide bonds. The molecule has 0 fully saturated rings. The number of benzene rings is 1. The molecule has 0 saturated heterocycles. The van der Waals surface area contributed by atoms with Crippen LogP contribution in [-0.4, -0.2) is 23.7 Å². The highest BCUT2D eigenvalue weighted by molar-refractivity contribution is 9.10. The Balaban J connectivity index is 2.01. The lowest BCUT2D eigenvalue weighted by molar-refractivity contribution is 0.564. The van der Waals surface area contributed by atoms with E-state index in [2.05, 4.69) is 30.9 Å². The van der Waals surface area contributed by atoms with E-state index in [1.807, 2.05) is 37.3 Å². The summed E-state index contributed by atoms with van der Waals surface area (Å²) in [6, 6.07) is 11.2. The fraction of sp³-hybridized carbons (Fsp3) is 0.0588. The summed E-state index contributed by atoms with van der Waals surface area (Å²) in [4.78, 5) is 12.5. The Morgan fingerprint density at radius 3 is 2.79 bits per heavy atom. The summed E-state index contributed by atoms with van der Waals surface area (Å²) < 4.78 is 22.4. The van der Waals surface area contributed by atoms with Crippen molar-refractivity contribution < 1.29 is 8.76 Å². The van der Waals surface area contributed by atoms with Crippen LogP contribution in [-0.2, 0) is 11.1 Å². The summed E-state index contributed by atoms with van der Waals surface area (Å²) in [5.74, 6) is 0. The second-order valence-corrected chi connectivity index (χ2v) is 7.40. The van der Waals surface area contributed by atoms with Crippen molar-refractivity contribution in [1.82, 2.24) is 15.0 Å². The zero-order chi connectivity index (χ0) is 16.8. The number of nitrogens with zero attached hydrogens (tertiary/aromatic N) is 2. The number of aromatic amines is 1. The molecule has 0 saturated carbocycles. The summed E-state index contributed by atoms with van der Waals surface area (Å²) in [6.45, 7) is 1.97. The first-order valence-corrected chi connectivity index (χ1v) is 9.08. The Kier molecular flexibility index (Phi) is 3.71. The summed E-state index contributed by atoms with van der Waals surface area (Å²) in [6.07, 6.45) is 1.79. The standard InChI is InChI=1S/C17H12BrN3O2S/c1-9-4-14-13(19-8-9)7-15(20-14)17-16(24(22)23)5-10-2-3-11(18)6-12(10)21-17/h2-8,20H,1H3,(H,22,23). The van der Waals surface area contributed by atoms with Crippen molar-refractivity contribution in [2.24, 2.45) is 0 Å². The lowest BCUT2D eigenvalue weighted by Gasteiger charge is -2.07. The summed E-state index contributed by atoms with van der Waals surface area (Å²) in [5, 5.41) is 0.810. The van der Waals surface area contributed by atoms with Crippen molar-refractivity contribution in [2.45, 2.75) is 11.8 Å². The maximum atomic E-state index is 11.8. The molecule has 4 aromatic rings. The number of aromatic nitrogens is 3. The smallest absolute Gasteiger partial charge is 0.188 e. The van der Waals surface area contributed by atoms with Gasteiger partial charge in [-0.15, -0.1) is 0 Å². The fourth-order valence-corrected chi connectivity index (χ4v) is 3.59. The van der Waals surface area contributed by atoms with Crippen LogP contribution in [0.3, 0.4) is 0 Å². The maximum absolute atomic E-state index is 11.8. The first-order valence-electron chi connectivity index (χ1n) is 7.18. The van der Waals surface area contributed by atoms with Gasteiger partial charge in [-0.2, -0.15) is 0 Å². The van der Waals surface area contributed by atoms with Gasteiger partial charge in [-0.25, -0.2) is 9.19 Å². The lowest BCUT2D eigenvalue weighted by atomic mass is 10.2. The van der Waals surface area contributed by atoms with Gasteiger partial charge in [0.15, 0.2) is 11.1 Å². The fourth-order valence-electron chi connectivity index (χ4n) is 2.69. The van der Waals surface area contributed by atoms with Gasteiger partial charge >= 0.3 is 0 Å². The van der Waals surface area contributed by atoms with Crippen LogP contribution in [0.5, 0.6) is 0 Å². The van der Waals surface area contributed by atoms with Crippen molar-refractivity contribution in [3.63, 3.8) is 0 Å². The van der Waals surface area contributed by atoms with Gasteiger partial charge in [-0.05, 0) is 42.8 Å². The number of hydrogen-bond donors (Lipinski definition) is 2. The molecule has 3 heterocycles. The van der Waals surface area contributed by atoms with E-state index in [1.54, 1.807) is 12.3 Å². The van der Waals surface area contributed by atoms with Gasteiger partial charge < -0.3 is 9.54 Å². The zero-order valence-corrected chi connectivity index (χ0v) is 15.0. The molecule has 3 aromatic heterocycles. The lowest BCUT2D eigenvalue weighted by Crippen LogP contribution is -1.97. The molecule has 1 unspecified atom stereocenters. The first kappa shape index (κ1) is 15.4. The molecule has 0 aliphatic heterocycles. The van der Waals surface area contributed by atoms with Crippen LogP contribution in [0, 0.1) is 6.92 Å². The zero-order valence-electron chi connectivity index (χ0n) is 12.6.